The molecule has 0 saturated carbocycles. The minimum atomic E-state index is 1.25. The summed E-state index contributed by atoms with van der Waals surface area (Å²) in [6.45, 7) is 0. The standard InChI is InChI=1S/C16H12BN/c17-14-7-3-6-12-13-9-8-10-4-1-2-5-11(10)15(13)18-16(12)14/h1-9,18H,17H2. The first-order valence-electron chi connectivity index (χ1n) is 6.23. The molecule has 2 heteroatoms. The highest BCUT2D eigenvalue weighted by molar-refractivity contribution is 6.40. The summed E-state index contributed by atoms with van der Waals surface area (Å²) in [5, 5.41) is 5.21. The SMILES string of the molecule is Bc1cccc2c1[nH]c1c3ccccc3ccc21. The van der Waals surface area contributed by atoms with Gasteiger partial charge in [0.15, 0.2) is 0 Å². The van der Waals surface area contributed by atoms with Gasteiger partial charge in [-0.05, 0) is 5.39 Å². The Morgan fingerprint density at radius 1 is 0.667 bits per heavy atom. The Morgan fingerprint density at radius 3 is 2.39 bits per heavy atom. The number of benzene rings is 3. The fourth-order valence-electron chi connectivity index (χ4n) is 2.81. The molecule has 0 atom stereocenters. The lowest BCUT2D eigenvalue weighted by atomic mass is 9.93. The lowest BCUT2D eigenvalue weighted by Gasteiger charge is -1.98. The van der Waals surface area contributed by atoms with Crippen LogP contribution in [0.1, 0.15) is 0 Å². The van der Waals surface area contributed by atoms with Gasteiger partial charge in [0.1, 0.15) is 7.85 Å². The minimum absolute atomic E-state index is 1.25. The van der Waals surface area contributed by atoms with Gasteiger partial charge < -0.3 is 4.98 Å². The highest BCUT2D eigenvalue weighted by atomic mass is 14.7. The average Bonchev–Trinajstić information content (AvgIpc) is 2.79. The van der Waals surface area contributed by atoms with Crippen molar-refractivity contribution < 1.29 is 0 Å². The van der Waals surface area contributed by atoms with E-state index >= 15 is 0 Å². The Balaban J connectivity index is 2.33. The van der Waals surface area contributed by atoms with Crippen LogP contribution in [0.5, 0.6) is 0 Å². The Kier molecular flexibility index (Phi) is 1.84. The molecule has 1 heterocycles. The largest absolute Gasteiger partial charge is 0.354 e. The lowest BCUT2D eigenvalue weighted by Crippen LogP contribution is -2.01. The summed E-state index contributed by atoms with van der Waals surface area (Å²) in [6.07, 6.45) is 0. The van der Waals surface area contributed by atoms with Crippen LogP contribution in [0.3, 0.4) is 0 Å². The van der Waals surface area contributed by atoms with Crippen molar-refractivity contribution >= 4 is 45.9 Å². The van der Waals surface area contributed by atoms with Crippen molar-refractivity contribution in [3.8, 4) is 0 Å². The zero-order valence-electron chi connectivity index (χ0n) is 10.2. The molecule has 0 aliphatic heterocycles. The number of aromatic nitrogens is 1. The second-order valence-corrected chi connectivity index (χ2v) is 4.83. The first-order chi connectivity index (χ1) is 8.84. The van der Waals surface area contributed by atoms with Gasteiger partial charge in [0.25, 0.3) is 0 Å². The van der Waals surface area contributed by atoms with E-state index in [0.717, 1.165) is 0 Å². The maximum atomic E-state index is 3.59. The molecule has 1 aromatic heterocycles. The molecule has 0 fully saturated rings. The van der Waals surface area contributed by atoms with E-state index in [0.29, 0.717) is 0 Å². The van der Waals surface area contributed by atoms with Gasteiger partial charge in [-0.25, -0.2) is 0 Å². The van der Waals surface area contributed by atoms with Gasteiger partial charge in [-0.2, -0.15) is 0 Å². The van der Waals surface area contributed by atoms with Gasteiger partial charge in [-0.15, -0.1) is 0 Å². The molecular weight excluding hydrogens is 217 g/mol. The molecule has 0 aliphatic carbocycles. The Labute approximate surface area is 106 Å². The van der Waals surface area contributed by atoms with E-state index in [1.165, 1.54) is 38.0 Å². The van der Waals surface area contributed by atoms with Crippen molar-refractivity contribution in [3.05, 3.63) is 54.6 Å². The van der Waals surface area contributed by atoms with Crippen LogP contribution in [-0.4, -0.2) is 12.8 Å². The third-order valence-electron chi connectivity index (χ3n) is 3.74. The number of hydrogen-bond donors (Lipinski definition) is 1. The average molecular weight is 229 g/mol. The first kappa shape index (κ1) is 9.78. The number of para-hydroxylation sites is 1. The fourth-order valence-corrected chi connectivity index (χ4v) is 2.81. The van der Waals surface area contributed by atoms with Crippen LogP contribution in [0.4, 0.5) is 0 Å². The van der Waals surface area contributed by atoms with Crippen LogP contribution in [-0.2, 0) is 0 Å². The van der Waals surface area contributed by atoms with E-state index in [4.69, 9.17) is 0 Å². The summed E-state index contributed by atoms with van der Waals surface area (Å²) in [7, 11) is 2.15. The Bertz CT molecular complexity index is 889. The number of hydrogen-bond acceptors (Lipinski definition) is 0. The molecule has 1 N–H and O–H groups in total. The Morgan fingerprint density at radius 2 is 1.44 bits per heavy atom. The molecule has 3 aromatic carbocycles. The lowest BCUT2D eigenvalue weighted by molar-refractivity contribution is 1.58. The molecule has 0 unspecified atom stereocenters. The smallest absolute Gasteiger partial charge is 0.142 e. The van der Waals surface area contributed by atoms with Crippen molar-refractivity contribution in [3.63, 3.8) is 0 Å². The van der Waals surface area contributed by atoms with Crippen molar-refractivity contribution in [1.82, 2.24) is 4.98 Å². The first-order valence-corrected chi connectivity index (χ1v) is 6.23. The normalized spacial score (nSPS) is 11.6. The van der Waals surface area contributed by atoms with Crippen LogP contribution in [0.2, 0.25) is 0 Å². The summed E-state index contributed by atoms with van der Waals surface area (Å²) in [6, 6.07) is 19.4. The number of fused-ring (bicyclic) bond motifs is 5. The molecule has 18 heavy (non-hydrogen) atoms. The molecule has 0 spiro atoms. The number of aromatic amines is 1. The van der Waals surface area contributed by atoms with Crippen molar-refractivity contribution in [2.24, 2.45) is 0 Å². The molecule has 0 bridgehead atoms. The molecular formula is C16H12BN. The fraction of sp³-hybridized carbons (Fsp3) is 0. The summed E-state index contributed by atoms with van der Waals surface area (Å²) in [5.74, 6) is 0. The number of H-pyrrole nitrogens is 1. The predicted octanol–water partition coefficient (Wildman–Crippen LogP) is 2.73. The van der Waals surface area contributed by atoms with Gasteiger partial charge in [0.05, 0.1) is 5.52 Å². The molecule has 0 aliphatic rings. The van der Waals surface area contributed by atoms with Gasteiger partial charge in [-0.1, -0.05) is 60.1 Å². The molecule has 1 nitrogen and oxygen atoms in total. The summed E-state index contributed by atoms with van der Waals surface area (Å²) in [5.41, 5.74) is 3.80. The topological polar surface area (TPSA) is 15.8 Å². The van der Waals surface area contributed by atoms with Crippen molar-refractivity contribution in [2.75, 3.05) is 0 Å². The van der Waals surface area contributed by atoms with Crippen LogP contribution in [0, 0.1) is 0 Å². The minimum Gasteiger partial charge on any atom is -0.354 e. The third kappa shape index (κ3) is 1.18. The van der Waals surface area contributed by atoms with Crippen LogP contribution in [0.15, 0.2) is 54.6 Å². The second kappa shape index (κ2) is 3.39. The van der Waals surface area contributed by atoms with Gasteiger partial charge in [0, 0.05) is 21.7 Å². The van der Waals surface area contributed by atoms with Gasteiger partial charge >= 0.3 is 0 Å². The van der Waals surface area contributed by atoms with E-state index < -0.39 is 0 Å². The molecule has 0 radical (unpaired) electrons. The van der Waals surface area contributed by atoms with Crippen LogP contribution in [0.25, 0.3) is 32.6 Å². The molecule has 4 rings (SSSR count). The molecule has 4 aromatic rings. The summed E-state index contributed by atoms with van der Waals surface area (Å²) < 4.78 is 0. The van der Waals surface area contributed by atoms with E-state index in [9.17, 15) is 0 Å². The number of rotatable bonds is 0. The van der Waals surface area contributed by atoms with E-state index in [-0.39, 0.29) is 0 Å². The van der Waals surface area contributed by atoms with E-state index in [1.54, 1.807) is 0 Å². The highest BCUT2D eigenvalue weighted by Gasteiger charge is 2.07. The van der Waals surface area contributed by atoms with Crippen LogP contribution < -0.4 is 5.46 Å². The maximum absolute atomic E-state index is 3.59. The van der Waals surface area contributed by atoms with Gasteiger partial charge in [-0.3, -0.25) is 0 Å². The second-order valence-electron chi connectivity index (χ2n) is 4.83. The van der Waals surface area contributed by atoms with E-state index in [2.05, 4.69) is 67.4 Å². The van der Waals surface area contributed by atoms with Crippen LogP contribution >= 0.6 is 0 Å². The monoisotopic (exact) mass is 229 g/mol. The maximum Gasteiger partial charge on any atom is 0.142 e. The van der Waals surface area contributed by atoms with Crippen molar-refractivity contribution in [2.45, 2.75) is 0 Å². The summed E-state index contributed by atoms with van der Waals surface area (Å²) >= 11 is 0. The quantitative estimate of drug-likeness (QED) is 0.446. The molecule has 0 amide bonds. The zero-order valence-corrected chi connectivity index (χ0v) is 10.2. The predicted molar refractivity (Wildman–Crippen MR) is 81.5 cm³/mol. The number of nitrogens with one attached hydrogen (secondary N) is 1. The van der Waals surface area contributed by atoms with E-state index in [1.807, 2.05) is 0 Å². The molecule has 0 saturated heterocycles. The van der Waals surface area contributed by atoms with Crippen molar-refractivity contribution in [1.29, 1.82) is 0 Å². The molecule has 84 valence electrons. The Hall–Kier alpha value is -2.22. The van der Waals surface area contributed by atoms with Gasteiger partial charge in [0.2, 0.25) is 0 Å². The third-order valence-corrected chi connectivity index (χ3v) is 3.74. The highest BCUT2D eigenvalue weighted by Crippen LogP contribution is 2.30. The summed E-state index contributed by atoms with van der Waals surface area (Å²) in [4.78, 5) is 3.59. The zero-order chi connectivity index (χ0) is 12.1.